The summed E-state index contributed by atoms with van der Waals surface area (Å²) in [5, 5.41) is 4.16. The Morgan fingerprint density at radius 2 is 2.20 bits per heavy atom. The number of carbonyl (C=O) groups excluding carboxylic acids is 1. The van der Waals surface area contributed by atoms with Crippen molar-refractivity contribution in [2.24, 2.45) is 0 Å². The van der Waals surface area contributed by atoms with Crippen molar-refractivity contribution in [3.8, 4) is 0 Å². The van der Waals surface area contributed by atoms with Crippen molar-refractivity contribution in [1.82, 2.24) is 10.3 Å². The molecule has 1 heterocycles. The molecule has 1 fully saturated rings. The standard InChI is InChI=1S/C16H20N2O2/c1-10-3-6-14-11(7-10)8-15(18-14)16(19)17-12-4-5-13(9-12)20-2/h3,6-8,12-13,18H,4-5,9H2,1-2H3,(H,17,19)/t12-,13?/m0/s1. The minimum atomic E-state index is -0.0272. The molecule has 2 N–H and O–H groups in total. The zero-order valence-corrected chi connectivity index (χ0v) is 11.9. The fourth-order valence-corrected chi connectivity index (χ4v) is 2.92. The number of aromatic amines is 1. The summed E-state index contributed by atoms with van der Waals surface area (Å²) in [5.74, 6) is -0.0272. The molecule has 0 bridgehead atoms. The molecule has 1 aliphatic carbocycles. The number of benzene rings is 1. The van der Waals surface area contributed by atoms with E-state index >= 15 is 0 Å². The summed E-state index contributed by atoms with van der Waals surface area (Å²) >= 11 is 0. The topological polar surface area (TPSA) is 54.1 Å². The zero-order valence-electron chi connectivity index (χ0n) is 11.9. The number of aryl methyl sites for hydroxylation is 1. The van der Waals surface area contributed by atoms with Gasteiger partial charge in [-0.2, -0.15) is 0 Å². The molecule has 0 radical (unpaired) electrons. The van der Waals surface area contributed by atoms with Crippen LogP contribution in [0.1, 0.15) is 35.3 Å². The highest BCUT2D eigenvalue weighted by atomic mass is 16.5. The van der Waals surface area contributed by atoms with Crippen molar-refractivity contribution < 1.29 is 9.53 Å². The minimum absolute atomic E-state index is 0.0272. The van der Waals surface area contributed by atoms with Crippen LogP contribution < -0.4 is 5.32 Å². The number of amides is 1. The Bertz CT molecular complexity index is 632. The molecule has 106 valence electrons. The van der Waals surface area contributed by atoms with Crippen molar-refractivity contribution >= 4 is 16.8 Å². The van der Waals surface area contributed by atoms with Gasteiger partial charge < -0.3 is 15.0 Å². The molecule has 2 atom stereocenters. The number of carbonyl (C=O) groups is 1. The molecule has 1 aromatic carbocycles. The van der Waals surface area contributed by atoms with E-state index in [4.69, 9.17) is 4.74 Å². The lowest BCUT2D eigenvalue weighted by Crippen LogP contribution is -2.33. The molecule has 3 rings (SSSR count). The van der Waals surface area contributed by atoms with Crippen molar-refractivity contribution in [3.05, 3.63) is 35.5 Å². The molecule has 1 aliphatic rings. The second kappa shape index (κ2) is 5.29. The lowest BCUT2D eigenvalue weighted by molar-refractivity contribution is 0.0911. The Morgan fingerprint density at radius 3 is 2.95 bits per heavy atom. The smallest absolute Gasteiger partial charge is 0.267 e. The molecule has 20 heavy (non-hydrogen) atoms. The third kappa shape index (κ3) is 2.56. The van der Waals surface area contributed by atoms with Crippen LogP contribution in [0.2, 0.25) is 0 Å². The molecule has 4 heteroatoms. The Morgan fingerprint density at radius 1 is 1.35 bits per heavy atom. The Labute approximate surface area is 118 Å². The van der Waals surface area contributed by atoms with E-state index in [0.29, 0.717) is 5.69 Å². The Balaban J connectivity index is 1.72. The van der Waals surface area contributed by atoms with Gasteiger partial charge in [0, 0.05) is 24.1 Å². The van der Waals surface area contributed by atoms with E-state index in [-0.39, 0.29) is 18.1 Å². The molecule has 1 unspecified atom stereocenters. The second-order valence-corrected chi connectivity index (χ2v) is 5.61. The molecule has 1 amide bonds. The molecule has 2 aromatic rings. The van der Waals surface area contributed by atoms with Gasteiger partial charge in [-0.15, -0.1) is 0 Å². The van der Waals surface area contributed by atoms with Crippen LogP contribution in [0.5, 0.6) is 0 Å². The van der Waals surface area contributed by atoms with Crippen LogP contribution >= 0.6 is 0 Å². The van der Waals surface area contributed by atoms with E-state index < -0.39 is 0 Å². The fraction of sp³-hybridized carbons (Fsp3) is 0.438. The first-order valence-corrected chi connectivity index (χ1v) is 7.09. The maximum atomic E-state index is 12.3. The van der Waals surface area contributed by atoms with Gasteiger partial charge in [-0.25, -0.2) is 0 Å². The average molecular weight is 272 g/mol. The minimum Gasteiger partial charge on any atom is -0.381 e. The van der Waals surface area contributed by atoms with E-state index in [2.05, 4.69) is 23.3 Å². The number of methoxy groups -OCH3 is 1. The van der Waals surface area contributed by atoms with Crippen molar-refractivity contribution in [2.45, 2.75) is 38.3 Å². The summed E-state index contributed by atoms with van der Waals surface area (Å²) in [7, 11) is 1.73. The quantitative estimate of drug-likeness (QED) is 0.902. The number of rotatable bonds is 3. The third-order valence-corrected chi connectivity index (χ3v) is 4.07. The molecule has 1 aromatic heterocycles. The molecule has 4 nitrogen and oxygen atoms in total. The predicted molar refractivity (Wildman–Crippen MR) is 78.9 cm³/mol. The van der Waals surface area contributed by atoms with Gasteiger partial charge in [0.15, 0.2) is 0 Å². The zero-order chi connectivity index (χ0) is 14.1. The number of hydrogen-bond acceptors (Lipinski definition) is 2. The fourth-order valence-electron chi connectivity index (χ4n) is 2.92. The summed E-state index contributed by atoms with van der Waals surface area (Å²) in [4.78, 5) is 15.4. The number of nitrogens with one attached hydrogen (secondary N) is 2. The van der Waals surface area contributed by atoms with Gasteiger partial charge >= 0.3 is 0 Å². The van der Waals surface area contributed by atoms with Crippen LogP contribution in [0.3, 0.4) is 0 Å². The summed E-state index contributed by atoms with van der Waals surface area (Å²) in [6, 6.07) is 8.28. The van der Waals surface area contributed by atoms with Crippen molar-refractivity contribution in [3.63, 3.8) is 0 Å². The van der Waals surface area contributed by atoms with E-state index in [0.717, 1.165) is 30.2 Å². The van der Waals surface area contributed by atoms with Gasteiger partial charge in [0.1, 0.15) is 5.69 Å². The van der Waals surface area contributed by atoms with Gasteiger partial charge in [-0.1, -0.05) is 11.6 Å². The van der Waals surface area contributed by atoms with Crippen molar-refractivity contribution in [2.75, 3.05) is 7.11 Å². The van der Waals surface area contributed by atoms with E-state index in [1.165, 1.54) is 5.56 Å². The molecule has 1 saturated carbocycles. The molecule has 0 spiro atoms. The lowest BCUT2D eigenvalue weighted by Gasteiger charge is -2.12. The number of fused-ring (bicyclic) bond motifs is 1. The van der Waals surface area contributed by atoms with Crippen LogP contribution in [0, 0.1) is 6.92 Å². The second-order valence-electron chi connectivity index (χ2n) is 5.61. The Hall–Kier alpha value is -1.81. The molecule has 0 aliphatic heterocycles. The summed E-state index contributed by atoms with van der Waals surface area (Å²) < 4.78 is 5.33. The van der Waals surface area contributed by atoms with Gasteiger partial charge in [0.25, 0.3) is 5.91 Å². The number of aromatic nitrogens is 1. The van der Waals surface area contributed by atoms with Gasteiger partial charge in [-0.3, -0.25) is 4.79 Å². The van der Waals surface area contributed by atoms with Crippen LogP contribution in [0.25, 0.3) is 10.9 Å². The monoisotopic (exact) mass is 272 g/mol. The molecular weight excluding hydrogens is 252 g/mol. The highest BCUT2D eigenvalue weighted by Gasteiger charge is 2.26. The largest absolute Gasteiger partial charge is 0.381 e. The van der Waals surface area contributed by atoms with Crippen molar-refractivity contribution in [1.29, 1.82) is 0 Å². The van der Waals surface area contributed by atoms with Crippen LogP contribution in [-0.4, -0.2) is 30.1 Å². The number of ether oxygens (including phenoxy) is 1. The maximum absolute atomic E-state index is 12.3. The third-order valence-electron chi connectivity index (χ3n) is 4.07. The maximum Gasteiger partial charge on any atom is 0.267 e. The number of hydrogen-bond donors (Lipinski definition) is 2. The summed E-state index contributed by atoms with van der Waals surface area (Å²) in [6.07, 6.45) is 3.20. The van der Waals surface area contributed by atoms with Gasteiger partial charge in [0.05, 0.1) is 6.10 Å². The van der Waals surface area contributed by atoms with Crippen LogP contribution in [0.4, 0.5) is 0 Å². The van der Waals surface area contributed by atoms with Crippen LogP contribution in [-0.2, 0) is 4.74 Å². The van der Waals surface area contributed by atoms with Gasteiger partial charge in [-0.05, 0) is 44.4 Å². The van der Waals surface area contributed by atoms with Crippen LogP contribution in [0.15, 0.2) is 24.3 Å². The Kier molecular flexibility index (Phi) is 3.49. The lowest BCUT2D eigenvalue weighted by atomic mass is 10.2. The normalized spacial score (nSPS) is 22.3. The summed E-state index contributed by atoms with van der Waals surface area (Å²) in [6.45, 7) is 2.05. The molecular formula is C16H20N2O2. The average Bonchev–Trinajstić information content (AvgIpc) is 3.04. The summed E-state index contributed by atoms with van der Waals surface area (Å²) in [5.41, 5.74) is 2.83. The van der Waals surface area contributed by atoms with E-state index in [9.17, 15) is 4.79 Å². The highest BCUT2D eigenvalue weighted by Crippen LogP contribution is 2.22. The first-order chi connectivity index (χ1) is 9.65. The molecule has 0 saturated heterocycles. The number of H-pyrrole nitrogens is 1. The first-order valence-electron chi connectivity index (χ1n) is 7.09. The van der Waals surface area contributed by atoms with E-state index in [1.54, 1.807) is 7.11 Å². The SMILES string of the molecule is COC1CC[C@H](NC(=O)c2cc3cc(C)ccc3[nH]2)C1. The van der Waals surface area contributed by atoms with Gasteiger partial charge in [0.2, 0.25) is 0 Å². The first kappa shape index (κ1) is 13.2. The predicted octanol–water partition coefficient (Wildman–Crippen LogP) is 2.77. The van der Waals surface area contributed by atoms with E-state index in [1.807, 2.05) is 18.2 Å². The highest BCUT2D eigenvalue weighted by molar-refractivity contribution is 5.98.